The summed E-state index contributed by atoms with van der Waals surface area (Å²) in [7, 11) is 0. The van der Waals surface area contributed by atoms with E-state index in [1.807, 2.05) is 0 Å². The molecule has 138 valence electrons. The largest absolute Gasteiger partial charge is 0.468 e. The number of nitrogens with one attached hydrogen (secondary N) is 1. The number of hydrogen-bond acceptors (Lipinski definition) is 6. The lowest BCUT2D eigenvalue weighted by atomic mass is 10.1. The lowest BCUT2D eigenvalue weighted by molar-refractivity contribution is -0.154. The van der Waals surface area contributed by atoms with Gasteiger partial charge in [0.1, 0.15) is 5.71 Å². The van der Waals surface area contributed by atoms with Gasteiger partial charge in [-0.25, -0.2) is 4.98 Å². The number of thiophene rings is 1. The smallest absolute Gasteiger partial charge is 0.422 e. The van der Waals surface area contributed by atoms with Crippen molar-refractivity contribution in [3.8, 4) is 5.88 Å². The molecule has 0 saturated carbocycles. The van der Waals surface area contributed by atoms with Crippen LogP contribution in [-0.2, 0) is 9.63 Å². The number of anilines is 1. The highest BCUT2D eigenvalue weighted by Crippen LogP contribution is 2.27. The predicted molar refractivity (Wildman–Crippen MR) is 89.8 cm³/mol. The third kappa shape index (κ3) is 4.85. The first kappa shape index (κ1) is 18.5. The molecule has 1 atom stereocenters. The van der Waals surface area contributed by atoms with Crippen LogP contribution >= 0.6 is 22.9 Å². The van der Waals surface area contributed by atoms with Gasteiger partial charge < -0.3 is 14.9 Å². The van der Waals surface area contributed by atoms with E-state index in [4.69, 9.17) is 16.4 Å². The van der Waals surface area contributed by atoms with Gasteiger partial charge in [-0.2, -0.15) is 13.2 Å². The topological polar surface area (TPSA) is 72.8 Å². The number of rotatable bonds is 5. The molecule has 1 unspecified atom stereocenters. The van der Waals surface area contributed by atoms with E-state index in [2.05, 4.69) is 20.2 Å². The number of pyridine rings is 1. The van der Waals surface area contributed by atoms with Crippen LogP contribution in [0, 0.1) is 0 Å². The fraction of sp³-hybridized carbons (Fsp3) is 0.267. The Morgan fingerprint density at radius 3 is 2.81 bits per heavy atom. The Kier molecular flexibility index (Phi) is 5.33. The fourth-order valence-corrected chi connectivity index (χ4v) is 3.08. The number of halogens is 4. The van der Waals surface area contributed by atoms with Crippen molar-refractivity contribution in [3.63, 3.8) is 0 Å². The van der Waals surface area contributed by atoms with Crippen LogP contribution in [0.1, 0.15) is 11.3 Å². The summed E-state index contributed by atoms with van der Waals surface area (Å²) in [5.74, 6) is -0.644. The SMILES string of the molecule is O=C(Nc1ccc(OCC(F)(F)F)nc1)C1CC(c2ccc(Cl)s2)=NO1. The summed E-state index contributed by atoms with van der Waals surface area (Å²) in [5.41, 5.74) is 0.918. The number of oxime groups is 1. The van der Waals surface area contributed by atoms with Crippen LogP contribution in [0.4, 0.5) is 18.9 Å². The average Bonchev–Trinajstić information content (AvgIpc) is 3.22. The molecule has 1 aliphatic rings. The number of aromatic nitrogens is 1. The minimum atomic E-state index is -4.45. The van der Waals surface area contributed by atoms with Crippen LogP contribution in [0.5, 0.6) is 5.88 Å². The van der Waals surface area contributed by atoms with Crippen molar-refractivity contribution in [2.75, 3.05) is 11.9 Å². The van der Waals surface area contributed by atoms with E-state index in [0.717, 1.165) is 4.88 Å². The molecule has 0 saturated heterocycles. The Morgan fingerprint density at radius 1 is 1.38 bits per heavy atom. The van der Waals surface area contributed by atoms with Crippen molar-refractivity contribution in [1.82, 2.24) is 4.98 Å². The maximum atomic E-state index is 12.2. The number of nitrogens with zero attached hydrogens (tertiary/aromatic N) is 2. The molecule has 11 heteroatoms. The minimum absolute atomic E-state index is 0.197. The van der Waals surface area contributed by atoms with Gasteiger partial charge in [0.2, 0.25) is 12.0 Å². The highest BCUT2D eigenvalue weighted by molar-refractivity contribution is 7.18. The number of amides is 1. The number of ether oxygens (including phenoxy) is 1. The Labute approximate surface area is 154 Å². The molecule has 0 bridgehead atoms. The van der Waals surface area contributed by atoms with E-state index in [-0.39, 0.29) is 12.3 Å². The zero-order valence-corrected chi connectivity index (χ0v) is 14.5. The normalized spacial score (nSPS) is 16.8. The van der Waals surface area contributed by atoms with Gasteiger partial charge in [0.25, 0.3) is 5.91 Å². The molecular weight excluding hydrogens is 395 g/mol. The van der Waals surface area contributed by atoms with E-state index in [0.29, 0.717) is 15.7 Å². The van der Waals surface area contributed by atoms with Gasteiger partial charge >= 0.3 is 6.18 Å². The molecule has 3 rings (SSSR count). The van der Waals surface area contributed by atoms with Gasteiger partial charge in [-0.1, -0.05) is 16.8 Å². The van der Waals surface area contributed by atoms with E-state index < -0.39 is 24.8 Å². The summed E-state index contributed by atoms with van der Waals surface area (Å²) in [6, 6.07) is 6.13. The molecule has 0 aromatic carbocycles. The van der Waals surface area contributed by atoms with E-state index >= 15 is 0 Å². The Balaban J connectivity index is 1.52. The summed E-state index contributed by atoms with van der Waals surface area (Å²) < 4.78 is 41.3. The molecule has 2 aromatic heterocycles. The number of carbonyl (C=O) groups excluding carboxylic acids is 1. The second-order valence-corrected chi connectivity index (χ2v) is 6.93. The molecule has 6 nitrogen and oxygen atoms in total. The zero-order valence-electron chi connectivity index (χ0n) is 12.9. The lowest BCUT2D eigenvalue weighted by Crippen LogP contribution is -2.28. The predicted octanol–water partition coefficient (Wildman–Crippen LogP) is 3.87. The van der Waals surface area contributed by atoms with Crippen LogP contribution in [0.2, 0.25) is 4.34 Å². The Bertz CT molecular complexity index is 824. The third-order valence-electron chi connectivity index (χ3n) is 3.21. The molecule has 0 spiro atoms. The Hall–Kier alpha value is -2.33. The second-order valence-electron chi connectivity index (χ2n) is 5.22. The molecule has 3 heterocycles. The van der Waals surface area contributed by atoms with E-state index in [1.54, 1.807) is 12.1 Å². The molecule has 26 heavy (non-hydrogen) atoms. The van der Waals surface area contributed by atoms with Gasteiger partial charge in [0.15, 0.2) is 6.61 Å². The summed E-state index contributed by atoms with van der Waals surface area (Å²) in [4.78, 5) is 21.9. The van der Waals surface area contributed by atoms with Crippen LogP contribution in [0.25, 0.3) is 0 Å². The monoisotopic (exact) mass is 405 g/mol. The van der Waals surface area contributed by atoms with Gasteiger partial charge in [-0.3, -0.25) is 4.79 Å². The minimum Gasteiger partial charge on any atom is -0.468 e. The Morgan fingerprint density at radius 2 is 2.19 bits per heavy atom. The molecule has 0 radical (unpaired) electrons. The van der Waals surface area contributed by atoms with E-state index in [9.17, 15) is 18.0 Å². The van der Waals surface area contributed by atoms with Crippen molar-refractivity contribution in [3.05, 3.63) is 39.7 Å². The molecule has 2 aromatic rings. The van der Waals surface area contributed by atoms with Crippen molar-refractivity contribution < 1.29 is 27.5 Å². The molecule has 1 amide bonds. The van der Waals surface area contributed by atoms with Crippen molar-refractivity contribution in [1.29, 1.82) is 0 Å². The highest BCUT2D eigenvalue weighted by atomic mass is 35.5. The summed E-state index contributed by atoms with van der Waals surface area (Å²) in [5, 5.41) is 6.45. The fourth-order valence-electron chi connectivity index (χ4n) is 2.05. The first-order chi connectivity index (χ1) is 12.3. The van der Waals surface area contributed by atoms with Crippen LogP contribution < -0.4 is 10.1 Å². The number of alkyl halides is 3. The van der Waals surface area contributed by atoms with Crippen molar-refractivity contribution in [2.24, 2.45) is 5.16 Å². The van der Waals surface area contributed by atoms with Crippen LogP contribution in [-0.4, -0.2) is 35.5 Å². The van der Waals surface area contributed by atoms with Crippen LogP contribution in [0.3, 0.4) is 0 Å². The van der Waals surface area contributed by atoms with Crippen molar-refractivity contribution in [2.45, 2.75) is 18.7 Å². The van der Waals surface area contributed by atoms with Gasteiger partial charge in [0, 0.05) is 12.5 Å². The van der Waals surface area contributed by atoms with E-state index in [1.165, 1.54) is 29.7 Å². The summed E-state index contributed by atoms with van der Waals surface area (Å²) >= 11 is 7.20. The van der Waals surface area contributed by atoms with Gasteiger partial charge in [-0.05, 0) is 18.2 Å². The lowest BCUT2D eigenvalue weighted by Gasteiger charge is -2.10. The van der Waals surface area contributed by atoms with Crippen LogP contribution in [0.15, 0.2) is 35.6 Å². The first-order valence-corrected chi connectivity index (χ1v) is 8.44. The van der Waals surface area contributed by atoms with Gasteiger partial charge in [0.05, 0.1) is 21.1 Å². The third-order valence-corrected chi connectivity index (χ3v) is 4.49. The zero-order chi connectivity index (χ0) is 18.7. The molecule has 0 aliphatic carbocycles. The quantitative estimate of drug-likeness (QED) is 0.819. The average molecular weight is 406 g/mol. The first-order valence-electron chi connectivity index (χ1n) is 7.25. The molecule has 1 N–H and O–H groups in total. The molecule has 1 aliphatic heterocycles. The second kappa shape index (κ2) is 7.50. The molecule has 0 fully saturated rings. The summed E-state index contributed by atoms with van der Waals surface area (Å²) in [6.07, 6.45) is -3.78. The summed E-state index contributed by atoms with van der Waals surface area (Å²) in [6.45, 7) is -1.44. The number of carbonyl (C=O) groups is 1. The maximum Gasteiger partial charge on any atom is 0.422 e. The number of hydrogen-bond donors (Lipinski definition) is 1. The standard InChI is InChI=1S/C15H11ClF3N3O3S/c16-12-3-2-11(26-12)9-5-10(25-22-9)14(23)21-8-1-4-13(20-6-8)24-7-15(17,18)19/h1-4,6,10H,5,7H2,(H,21,23). The highest BCUT2D eigenvalue weighted by Gasteiger charge is 2.30. The van der Waals surface area contributed by atoms with Crippen molar-refractivity contribution >= 4 is 40.2 Å². The van der Waals surface area contributed by atoms with Gasteiger partial charge in [-0.15, -0.1) is 11.3 Å². The maximum absolute atomic E-state index is 12.2. The molecular formula is C15H11ClF3N3O3S.